The maximum absolute atomic E-state index is 11.8. The first-order valence-corrected chi connectivity index (χ1v) is 18.1. The molecular weight excluding hydrogens is 772 g/mol. The van der Waals surface area contributed by atoms with Crippen LogP contribution in [0.15, 0.2) is 24.3 Å². The van der Waals surface area contributed by atoms with E-state index in [4.69, 9.17) is 0 Å². The second-order valence-corrected chi connectivity index (χ2v) is 18.1. The van der Waals surface area contributed by atoms with Crippen molar-refractivity contribution in [2.45, 2.75) is 0 Å². The van der Waals surface area contributed by atoms with Crippen LogP contribution in [0.4, 0.5) is 75.5 Å². The van der Waals surface area contributed by atoms with Gasteiger partial charge >= 0.3 is 107 Å². The third-order valence-corrected chi connectivity index (χ3v) is 3.14. The van der Waals surface area contributed by atoms with E-state index < -0.39 is 31.5 Å². The summed E-state index contributed by atoms with van der Waals surface area (Å²) in [7, 11) is -18.4. The summed E-state index contributed by atoms with van der Waals surface area (Å²) >= 11 is 0. The average Bonchev–Trinajstić information content (AvgIpc) is 2.95. The summed E-state index contributed by atoms with van der Waals surface area (Å²) in [4.78, 5) is 0. The van der Waals surface area contributed by atoms with Gasteiger partial charge in [0.1, 0.15) is 11.0 Å². The van der Waals surface area contributed by atoms with E-state index >= 15 is 0 Å². The van der Waals surface area contributed by atoms with E-state index in [-0.39, 0.29) is 0 Å². The summed E-state index contributed by atoms with van der Waals surface area (Å²) in [6.45, 7) is 0. The van der Waals surface area contributed by atoms with Gasteiger partial charge in [-0.3, -0.25) is 0 Å². The number of hydrogen-bond donors (Lipinski definition) is 0. The van der Waals surface area contributed by atoms with E-state index in [0.29, 0.717) is 0 Å². The zero-order valence-electron chi connectivity index (χ0n) is 22.4. The van der Waals surface area contributed by atoms with Gasteiger partial charge in [-0.15, -0.1) is 5.10 Å². The zero-order chi connectivity index (χ0) is 36.5. The van der Waals surface area contributed by atoms with Crippen molar-refractivity contribution < 1.29 is 80.1 Å². The molecule has 31 heteroatoms. The first-order valence-electron chi connectivity index (χ1n) is 9.62. The van der Waals surface area contributed by atoms with E-state index in [1.807, 2.05) is 80.6 Å². The molecule has 0 bridgehead atoms. The fourth-order valence-electron chi connectivity index (χ4n) is 1.15. The molecule has 0 aliphatic carbocycles. The summed E-state index contributed by atoms with van der Waals surface area (Å²) in [6, 6.07) is 7.45. The van der Waals surface area contributed by atoms with E-state index in [0.717, 1.165) is 11.0 Å². The number of hydrogen-bond acceptors (Lipinski definition) is 5. The number of nitrogens with zero attached hydrogens (tertiary/aromatic N) is 6. The number of halogens is 18. The van der Waals surface area contributed by atoms with Crippen molar-refractivity contribution in [3.8, 4) is 0 Å². The molecule has 0 aliphatic rings. The SMILES string of the molecule is CN(C)[P+](=O)n1nnc2ccccc21.CN(C)[PH3+].CN(C)[PH3+].F[P-](F)(F)(F)(F)F.F[P-](F)(F)(F)(F)F.F[P-](F)(F)(F)(F)F. The Hall–Kier alpha value is -0.510. The van der Waals surface area contributed by atoms with Gasteiger partial charge < -0.3 is 0 Å². The molecule has 0 fully saturated rings. The summed E-state index contributed by atoms with van der Waals surface area (Å²) in [5.74, 6) is 0. The first-order chi connectivity index (χ1) is 17.5. The molecule has 2 aromatic rings. The van der Waals surface area contributed by atoms with Crippen molar-refractivity contribution in [2.75, 3.05) is 42.3 Å². The van der Waals surface area contributed by atoms with Crippen LogP contribution >= 0.6 is 50.3 Å². The second kappa shape index (κ2) is 13.3. The van der Waals surface area contributed by atoms with Gasteiger partial charge in [0.2, 0.25) is 0 Å². The Bertz CT molecular complexity index is 1050. The summed E-state index contributed by atoms with van der Waals surface area (Å²) in [6.07, 6.45) is 0. The molecule has 0 spiro atoms. The summed E-state index contributed by atoms with van der Waals surface area (Å²) in [5.41, 5.74) is 1.56. The quantitative estimate of drug-likeness (QED) is 0.223. The van der Waals surface area contributed by atoms with Crippen LogP contribution in [0.1, 0.15) is 0 Å². The Morgan fingerprint density at radius 2 is 0.837 bits per heavy atom. The average molecular weight is 800 g/mol. The van der Waals surface area contributed by atoms with Gasteiger partial charge in [-0.25, -0.2) is 0 Å². The van der Waals surface area contributed by atoms with Crippen LogP contribution in [-0.4, -0.2) is 71.1 Å². The van der Waals surface area contributed by atoms with Crippen LogP contribution < -0.4 is 0 Å². The molecule has 1 aromatic carbocycles. The standard InChI is InChI=1S/C8H10N4OP.2C2H8NP.3F6P/c1-11(2)14(13)12-8-6-4-3-5-7(8)9-10-12;2*1-3(2)4;3*1-7(2,3,4,5)6/h3-6H,1-2H3;2*4H2,1-2H3;;;/q+1;;;3*-1/p+2. The van der Waals surface area contributed by atoms with Crippen molar-refractivity contribution >= 4 is 61.3 Å². The molecule has 0 radical (unpaired) electrons. The van der Waals surface area contributed by atoms with Crippen LogP contribution in [0.2, 0.25) is 0 Å². The van der Waals surface area contributed by atoms with Crippen molar-refractivity contribution in [3.63, 3.8) is 0 Å². The third kappa shape index (κ3) is 85.6. The number of fused-ring (bicyclic) bond motifs is 1. The third-order valence-electron chi connectivity index (χ3n) is 1.84. The molecule has 0 amide bonds. The second-order valence-electron chi connectivity index (χ2n) is 8.10. The maximum atomic E-state index is 11.8. The summed E-state index contributed by atoms with van der Waals surface area (Å²) < 4.78 is 196. The van der Waals surface area contributed by atoms with Crippen LogP contribution in [0.5, 0.6) is 0 Å². The van der Waals surface area contributed by atoms with E-state index in [1.54, 1.807) is 18.8 Å². The van der Waals surface area contributed by atoms with Gasteiger partial charge in [-0.05, 0) is 26.4 Å². The predicted octanol–water partition coefficient (Wildman–Crippen LogP) is 11.8. The molecule has 43 heavy (non-hydrogen) atoms. The molecule has 0 aliphatic heterocycles. The molecule has 0 saturated heterocycles. The predicted molar refractivity (Wildman–Crippen MR) is 145 cm³/mol. The van der Waals surface area contributed by atoms with E-state index in [1.165, 1.54) is 4.45 Å². The van der Waals surface area contributed by atoms with Gasteiger partial charge in [-0.2, -0.15) is 9.34 Å². The molecule has 2 rings (SSSR count). The molecule has 268 valence electrons. The van der Waals surface area contributed by atoms with Gasteiger partial charge in [0.05, 0.1) is 0 Å². The zero-order valence-corrected chi connectivity index (χ0v) is 28.8. The summed E-state index contributed by atoms with van der Waals surface area (Å²) in [5, 5.41) is 7.78. The Labute approximate surface area is 237 Å². The van der Waals surface area contributed by atoms with Gasteiger partial charge in [0.25, 0.3) is 0 Å². The normalized spacial score (nSPS) is 17.1. The Morgan fingerprint density at radius 1 is 0.605 bits per heavy atom. The van der Waals surface area contributed by atoms with E-state index in [2.05, 4.69) is 10.3 Å². The minimum absolute atomic E-state index is 0.762. The van der Waals surface area contributed by atoms with Crippen molar-refractivity contribution in [1.82, 2.24) is 28.8 Å². The van der Waals surface area contributed by atoms with Crippen molar-refractivity contribution in [1.29, 1.82) is 0 Å². The van der Waals surface area contributed by atoms with Crippen molar-refractivity contribution in [2.24, 2.45) is 0 Å². The Morgan fingerprint density at radius 3 is 1.07 bits per heavy atom. The molecule has 1 aromatic heterocycles. The van der Waals surface area contributed by atoms with Crippen LogP contribution in [0, 0.1) is 0 Å². The molecule has 0 N–H and O–H groups in total. The minimum atomic E-state index is -10.7. The number of rotatable bonds is 2. The Kier molecular flexibility index (Phi) is 15.3. The van der Waals surface area contributed by atoms with Crippen LogP contribution in [0.3, 0.4) is 0 Å². The molecule has 0 saturated carbocycles. The number of para-hydroxylation sites is 1. The monoisotopic (exact) mass is 800 g/mol. The van der Waals surface area contributed by atoms with Crippen LogP contribution in [0.25, 0.3) is 11.0 Å². The van der Waals surface area contributed by atoms with Crippen molar-refractivity contribution in [3.05, 3.63) is 24.3 Å². The number of aromatic nitrogens is 3. The topological polar surface area (TPSA) is 57.5 Å². The Balaban J connectivity index is -0.000000228. The van der Waals surface area contributed by atoms with Gasteiger partial charge in [-0.1, -0.05) is 16.8 Å². The van der Waals surface area contributed by atoms with Gasteiger partial charge in [0.15, 0.2) is 0 Å². The fourth-order valence-corrected chi connectivity index (χ4v) is 1.95. The number of benzene rings is 1. The van der Waals surface area contributed by atoms with Crippen LogP contribution in [-0.2, 0) is 4.57 Å². The molecule has 3 atom stereocenters. The van der Waals surface area contributed by atoms with E-state index in [9.17, 15) is 80.1 Å². The fraction of sp³-hybridized carbons (Fsp3) is 0.500. The first kappa shape index (κ1) is 49.4. The molecular formula is C12H28F18N6OP6. The molecule has 3 unspecified atom stereocenters. The van der Waals surface area contributed by atoms with Gasteiger partial charge in [0, 0.05) is 61.1 Å². The molecule has 7 nitrogen and oxygen atoms in total. The molecule has 1 heterocycles.